The normalized spacial score (nSPS) is 20.5. The van der Waals surface area contributed by atoms with Crippen molar-refractivity contribution in [2.45, 2.75) is 25.4 Å². The van der Waals surface area contributed by atoms with Gasteiger partial charge in [-0.25, -0.2) is 13.6 Å². The van der Waals surface area contributed by atoms with Crippen molar-refractivity contribution in [1.82, 2.24) is 15.5 Å². The van der Waals surface area contributed by atoms with Crippen molar-refractivity contribution in [3.8, 4) is 0 Å². The molecule has 0 aliphatic carbocycles. The summed E-state index contributed by atoms with van der Waals surface area (Å²) >= 11 is 1.47. The number of nitrogens with one attached hydrogen (secondary N) is 2. The lowest BCUT2D eigenvalue weighted by atomic mass is 9.91. The topological polar surface area (TPSA) is 78.5 Å². The molecule has 0 saturated carbocycles. The van der Waals surface area contributed by atoms with Gasteiger partial charge in [0.15, 0.2) is 0 Å². The lowest BCUT2D eigenvalue weighted by Gasteiger charge is -2.23. The number of nitrogens with zero attached hydrogens (tertiary/aromatic N) is 1. The van der Waals surface area contributed by atoms with Crippen molar-refractivity contribution in [3.63, 3.8) is 0 Å². The Balaban J connectivity index is 1.76. The van der Waals surface area contributed by atoms with Gasteiger partial charge in [-0.05, 0) is 43.5 Å². The molecule has 9 heteroatoms. The first-order chi connectivity index (χ1) is 12.7. The molecule has 4 amide bonds. The van der Waals surface area contributed by atoms with E-state index in [4.69, 9.17) is 0 Å². The van der Waals surface area contributed by atoms with Gasteiger partial charge < -0.3 is 10.6 Å². The van der Waals surface area contributed by atoms with Crippen molar-refractivity contribution < 1.29 is 23.2 Å². The van der Waals surface area contributed by atoms with Crippen LogP contribution >= 0.6 is 11.3 Å². The van der Waals surface area contributed by atoms with Crippen molar-refractivity contribution in [2.24, 2.45) is 0 Å². The van der Waals surface area contributed by atoms with Crippen LogP contribution in [0.5, 0.6) is 0 Å². The van der Waals surface area contributed by atoms with Crippen LogP contribution < -0.4 is 10.6 Å². The number of carbonyl (C=O) groups is 3. The Morgan fingerprint density at radius 3 is 2.74 bits per heavy atom. The number of hydrogen-bond acceptors (Lipinski definition) is 4. The second-order valence-corrected chi connectivity index (χ2v) is 7.35. The molecule has 2 aromatic rings. The summed E-state index contributed by atoms with van der Waals surface area (Å²) in [7, 11) is 0. The molecule has 0 radical (unpaired) electrons. The molecule has 1 aromatic heterocycles. The summed E-state index contributed by atoms with van der Waals surface area (Å²) in [4.78, 5) is 38.8. The minimum atomic E-state index is -1.79. The van der Waals surface area contributed by atoms with E-state index < -0.39 is 41.6 Å². The molecule has 1 aromatic carbocycles. The average Bonchev–Trinajstić information content (AvgIpc) is 3.21. The SMILES string of the molecule is C[C@H](NC(=O)CN1C(=O)N[C@](C)(c2cc(F)ccc2F)C1=O)c1cccs1. The van der Waals surface area contributed by atoms with Crippen LogP contribution in [-0.2, 0) is 15.1 Å². The smallest absolute Gasteiger partial charge is 0.325 e. The first-order valence-electron chi connectivity index (χ1n) is 8.15. The summed E-state index contributed by atoms with van der Waals surface area (Å²) in [5.41, 5.74) is -2.08. The van der Waals surface area contributed by atoms with Gasteiger partial charge in [0.05, 0.1) is 6.04 Å². The molecule has 0 spiro atoms. The Morgan fingerprint density at radius 1 is 1.33 bits per heavy atom. The lowest BCUT2D eigenvalue weighted by molar-refractivity contribution is -0.135. The Labute approximate surface area is 158 Å². The fraction of sp³-hybridized carbons (Fsp3) is 0.278. The van der Waals surface area contributed by atoms with Crippen molar-refractivity contribution >= 4 is 29.2 Å². The Hall–Kier alpha value is -2.81. The number of thiophene rings is 1. The highest BCUT2D eigenvalue weighted by Gasteiger charge is 2.50. The van der Waals surface area contributed by atoms with Crippen molar-refractivity contribution in [3.05, 3.63) is 57.8 Å². The van der Waals surface area contributed by atoms with Crippen LogP contribution in [-0.4, -0.2) is 29.3 Å². The number of amides is 4. The molecule has 2 atom stereocenters. The van der Waals surface area contributed by atoms with Crippen molar-refractivity contribution in [1.29, 1.82) is 0 Å². The monoisotopic (exact) mass is 393 g/mol. The molecule has 6 nitrogen and oxygen atoms in total. The van der Waals surface area contributed by atoms with Crippen LogP contribution in [0.25, 0.3) is 0 Å². The van der Waals surface area contributed by atoms with E-state index in [0.29, 0.717) is 4.90 Å². The maximum atomic E-state index is 14.1. The van der Waals surface area contributed by atoms with Gasteiger partial charge in [-0.2, -0.15) is 0 Å². The highest BCUT2D eigenvalue weighted by molar-refractivity contribution is 7.10. The largest absolute Gasteiger partial charge is 0.347 e. The minimum absolute atomic E-state index is 0.287. The molecular formula is C18H17F2N3O3S. The number of hydrogen-bond donors (Lipinski definition) is 2. The third-order valence-electron chi connectivity index (χ3n) is 4.39. The van der Waals surface area contributed by atoms with Gasteiger partial charge in [-0.15, -0.1) is 11.3 Å². The van der Waals surface area contributed by atoms with E-state index in [1.165, 1.54) is 18.3 Å². The quantitative estimate of drug-likeness (QED) is 0.767. The summed E-state index contributed by atoms with van der Waals surface area (Å²) in [5.74, 6) is -2.93. The van der Waals surface area contributed by atoms with E-state index in [1.54, 1.807) is 6.92 Å². The predicted molar refractivity (Wildman–Crippen MR) is 94.8 cm³/mol. The number of halogens is 2. The molecule has 0 bridgehead atoms. The summed E-state index contributed by atoms with van der Waals surface area (Å²) in [6, 6.07) is 5.23. The van der Waals surface area contributed by atoms with Crippen LogP contribution in [0.15, 0.2) is 35.7 Å². The van der Waals surface area contributed by atoms with Crippen LogP contribution in [0.4, 0.5) is 13.6 Å². The first kappa shape index (κ1) is 19.0. The zero-order valence-electron chi connectivity index (χ0n) is 14.6. The van der Waals surface area contributed by atoms with Gasteiger partial charge in [0.2, 0.25) is 5.91 Å². The number of imide groups is 1. The van der Waals surface area contributed by atoms with E-state index >= 15 is 0 Å². The van der Waals surface area contributed by atoms with Gasteiger partial charge in [0.25, 0.3) is 5.91 Å². The third-order valence-corrected chi connectivity index (χ3v) is 5.45. The second-order valence-electron chi connectivity index (χ2n) is 6.38. The standard InChI is InChI=1S/C18H17F2N3O3S/c1-10(14-4-3-7-27-14)21-15(24)9-23-16(25)18(2,22-17(23)26)12-8-11(19)5-6-13(12)20/h3-8,10H,9H2,1-2H3,(H,21,24)(H,22,26)/t10-,18+/m0/s1. The predicted octanol–water partition coefficient (Wildman–Crippen LogP) is 2.67. The molecule has 0 unspecified atom stereocenters. The van der Waals surface area contributed by atoms with Crippen molar-refractivity contribution in [2.75, 3.05) is 6.54 Å². The van der Waals surface area contributed by atoms with Crippen LogP contribution in [0.3, 0.4) is 0 Å². The van der Waals surface area contributed by atoms with E-state index in [-0.39, 0.29) is 11.6 Å². The molecule has 27 heavy (non-hydrogen) atoms. The van der Waals surface area contributed by atoms with Gasteiger partial charge >= 0.3 is 6.03 Å². The summed E-state index contributed by atoms with van der Waals surface area (Å²) in [5, 5.41) is 6.92. The molecule has 1 fully saturated rings. The maximum Gasteiger partial charge on any atom is 0.325 e. The van der Waals surface area contributed by atoms with E-state index in [9.17, 15) is 23.2 Å². The molecular weight excluding hydrogens is 376 g/mol. The number of urea groups is 1. The minimum Gasteiger partial charge on any atom is -0.347 e. The highest BCUT2D eigenvalue weighted by Crippen LogP contribution is 2.31. The number of carbonyl (C=O) groups excluding carboxylic acids is 3. The van der Waals surface area contributed by atoms with Gasteiger partial charge in [-0.3, -0.25) is 14.5 Å². The van der Waals surface area contributed by atoms with Crippen LogP contribution in [0, 0.1) is 11.6 Å². The number of benzene rings is 1. The summed E-state index contributed by atoms with van der Waals surface area (Å²) in [6.45, 7) is 2.53. The Bertz CT molecular complexity index is 903. The Kier molecular flexibility index (Phi) is 4.97. The molecule has 2 N–H and O–H groups in total. The Morgan fingerprint density at radius 2 is 2.07 bits per heavy atom. The van der Waals surface area contributed by atoms with Gasteiger partial charge in [0, 0.05) is 10.4 Å². The molecule has 2 heterocycles. The van der Waals surface area contributed by atoms with Gasteiger partial charge in [-0.1, -0.05) is 6.07 Å². The van der Waals surface area contributed by atoms with Gasteiger partial charge in [0.1, 0.15) is 23.7 Å². The zero-order chi connectivity index (χ0) is 19.8. The third kappa shape index (κ3) is 3.55. The second kappa shape index (κ2) is 7.07. The average molecular weight is 393 g/mol. The van der Waals surface area contributed by atoms with Crippen LogP contribution in [0.1, 0.15) is 30.3 Å². The molecule has 1 aliphatic rings. The fourth-order valence-corrected chi connectivity index (χ4v) is 3.68. The van der Waals surface area contributed by atoms with Crippen LogP contribution in [0.2, 0.25) is 0 Å². The van der Waals surface area contributed by atoms with E-state index in [0.717, 1.165) is 23.1 Å². The zero-order valence-corrected chi connectivity index (χ0v) is 15.4. The number of rotatable bonds is 5. The maximum absolute atomic E-state index is 14.1. The highest BCUT2D eigenvalue weighted by atomic mass is 32.1. The fourth-order valence-electron chi connectivity index (χ4n) is 2.94. The summed E-state index contributed by atoms with van der Waals surface area (Å²) in [6.07, 6.45) is 0. The lowest BCUT2D eigenvalue weighted by Crippen LogP contribution is -2.44. The first-order valence-corrected chi connectivity index (χ1v) is 9.02. The van der Waals surface area contributed by atoms with E-state index in [1.807, 2.05) is 17.5 Å². The molecule has 1 saturated heterocycles. The molecule has 3 rings (SSSR count). The molecule has 142 valence electrons. The molecule has 1 aliphatic heterocycles. The summed E-state index contributed by atoms with van der Waals surface area (Å²) < 4.78 is 27.6. The van der Waals surface area contributed by atoms with E-state index in [2.05, 4.69) is 10.6 Å².